The van der Waals surface area contributed by atoms with Crippen molar-refractivity contribution in [1.82, 2.24) is 4.57 Å². The molecule has 0 atom stereocenters. The van der Waals surface area contributed by atoms with Gasteiger partial charge in [-0.1, -0.05) is 30.3 Å². The van der Waals surface area contributed by atoms with Crippen LogP contribution in [0.2, 0.25) is 0 Å². The van der Waals surface area contributed by atoms with Gasteiger partial charge in [-0.05, 0) is 66.9 Å². The van der Waals surface area contributed by atoms with Gasteiger partial charge in [-0.15, -0.1) is 0 Å². The quantitative estimate of drug-likeness (QED) is 0.478. The van der Waals surface area contributed by atoms with Crippen molar-refractivity contribution in [2.45, 2.75) is 29.7 Å². The van der Waals surface area contributed by atoms with E-state index in [0.717, 1.165) is 11.1 Å². The third-order valence-corrected chi connectivity index (χ3v) is 7.12. The van der Waals surface area contributed by atoms with Crippen LogP contribution in [0.3, 0.4) is 0 Å². The van der Waals surface area contributed by atoms with Crippen LogP contribution in [0.4, 0.5) is 4.39 Å². The Labute approximate surface area is 179 Å². The van der Waals surface area contributed by atoms with E-state index >= 15 is 0 Å². The minimum absolute atomic E-state index is 0.175. The number of aromatic nitrogens is 1. The molecule has 0 aliphatic carbocycles. The molecule has 5 nitrogen and oxygen atoms in total. The van der Waals surface area contributed by atoms with Crippen molar-refractivity contribution in [2.75, 3.05) is 0 Å². The van der Waals surface area contributed by atoms with Crippen molar-refractivity contribution in [1.29, 1.82) is 0 Å². The fraction of sp³-hybridized carbons (Fsp3) is 0.125. The van der Waals surface area contributed by atoms with Crippen molar-refractivity contribution < 1.29 is 22.7 Å². The van der Waals surface area contributed by atoms with Crippen molar-refractivity contribution in [2.24, 2.45) is 0 Å². The molecule has 0 bridgehead atoms. The lowest BCUT2D eigenvalue weighted by Gasteiger charge is -2.08. The number of hydrogen-bond donors (Lipinski definition) is 1. The van der Waals surface area contributed by atoms with Crippen molar-refractivity contribution in [3.8, 4) is 0 Å². The number of nitrogens with zero attached hydrogens (tertiary/aromatic N) is 1. The second-order valence-corrected chi connectivity index (χ2v) is 9.30. The van der Waals surface area contributed by atoms with E-state index in [9.17, 15) is 22.7 Å². The average molecular weight is 437 g/mol. The molecule has 0 saturated carbocycles. The normalized spacial score (nSPS) is 11.7. The molecule has 1 N–H and O–H groups in total. The Kier molecular flexibility index (Phi) is 5.37. The Bertz CT molecular complexity index is 1390. The molecular formula is C24H20FNO4S. The van der Waals surface area contributed by atoms with Gasteiger partial charge < -0.3 is 9.67 Å². The molecular weight excluding hydrogens is 417 g/mol. The van der Waals surface area contributed by atoms with Crippen molar-refractivity contribution >= 4 is 26.7 Å². The molecule has 0 aliphatic rings. The molecule has 0 fully saturated rings. The first kappa shape index (κ1) is 20.8. The molecule has 31 heavy (non-hydrogen) atoms. The summed E-state index contributed by atoms with van der Waals surface area (Å²) in [4.78, 5) is 11.7. The number of benzene rings is 3. The van der Waals surface area contributed by atoms with Crippen LogP contribution in [0.1, 0.15) is 16.8 Å². The number of rotatable bonds is 6. The van der Waals surface area contributed by atoms with E-state index in [1.165, 1.54) is 12.1 Å². The van der Waals surface area contributed by atoms with Crippen molar-refractivity contribution in [3.63, 3.8) is 0 Å². The molecule has 4 aromatic rings. The maximum Gasteiger partial charge on any atom is 0.323 e. The standard InChI is InChI=1S/C24H20FNO4S/c1-16-21(22-14-18(25)10-11-23(22)26(16)15-24(27)28)13-17-6-5-9-20(12-17)31(29,30)19-7-3-2-4-8-19/h2-12,14H,13,15H2,1H3,(H,27,28). The molecule has 0 radical (unpaired) electrons. The van der Waals surface area contributed by atoms with Gasteiger partial charge in [0.2, 0.25) is 9.84 Å². The first-order chi connectivity index (χ1) is 14.8. The molecule has 7 heteroatoms. The molecule has 0 saturated heterocycles. The molecule has 0 amide bonds. The Morgan fingerprint density at radius 2 is 1.68 bits per heavy atom. The fourth-order valence-electron chi connectivity index (χ4n) is 3.85. The smallest absolute Gasteiger partial charge is 0.323 e. The van der Waals surface area contributed by atoms with Crippen LogP contribution in [0.15, 0.2) is 82.6 Å². The molecule has 3 aromatic carbocycles. The zero-order valence-corrected chi connectivity index (χ0v) is 17.6. The van der Waals surface area contributed by atoms with Crippen LogP contribution in [-0.4, -0.2) is 24.1 Å². The fourth-order valence-corrected chi connectivity index (χ4v) is 5.20. The maximum atomic E-state index is 14.0. The number of halogens is 1. The summed E-state index contributed by atoms with van der Waals surface area (Å²) in [7, 11) is -3.67. The van der Waals surface area contributed by atoms with E-state index in [2.05, 4.69) is 0 Å². The summed E-state index contributed by atoms with van der Waals surface area (Å²) < 4.78 is 41.5. The molecule has 4 rings (SSSR count). The number of fused-ring (bicyclic) bond motifs is 1. The van der Waals surface area contributed by atoms with E-state index in [4.69, 9.17) is 0 Å². The number of aliphatic carboxylic acids is 1. The van der Waals surface area contributed by atoms with Gasteiger partial charge in [0.25, 0.3) is 0 Å². The third-order valence-electron chi connectivity index (χ3n) is 5.35. The highest BCUT2D eigenvalue weighted by molar-refractivity contribution is 7.91. The highest BCUT2D eigenvalue weighted by atomic mass is 32.2. The largest absolute Gasteiger partial charge is 0.480 e. The number of carboxylic acids is 1. The SMILES string of the molecule is Cc1c(Cc2cccc(S(=O)(=O)c3ccccc3)c2)c2cc(F)ccc2n1CC(=O)O. The Morgan fingerprint density at radius 3 is 2.39 bits per heavy atom. The van der Waals surface area contributed by atoms with Crippen LogP contribution >= 0.6 is 0 Å². The molecule has 1 aromatic heterocycles. The Hall–Kier alpha value is -3.45. The second kappa shape index (κ2) is 8.00. The third kappa shape index (κ3) is 3.96. The second-order valence-electron chi connectivity index (χ2n) is 7.35. The first-order valence-electron chi connectivity index (χ1n) is 9.65. The summed E-state index contributed by atoms with van der Waals surface area (Å²) in [6, 6.07) is 19.1. The summed E-state index contributed by atoms with van der Waals surface area (Å²) in [5.74, 6) is -1.41. The van der Waals surface area contributed by atoms with Gasteiger partial charge in [0, 0.05) is 16.6 Å². The maximum absolute atomic E-state index is 14.0. The lowest BCUT2D eigenvalue weighted by Crippen LogP contribution is -2.10. The molecule has 0 unspecified atom stereocenters. The van der Waals surface area contributed by atoms with Crippen LogP contribution in [-0.2, 0) is 27.6 Å². The van der Waals surface area contributed by atoms with Crippen LogP contribution in [0, 0.1) is 12.7 Å². The van der Waals surface area contributed by atoms with E-state index < -0.39 is 21.6 Å². The predicted octanol–water partition coefficient (Wildman–Crippen LogP) is 4.60. The van der Waals surface area contributed by atoms with Gasteiger partial charge in [0.15, 0.2) is 0 Å². The molecule has 158 valence electrons. The minimum Gasteiger partial charge on any atom is -0.480 e. The zero-order chi connectivity index (χ0) is 22.2. The highest BCUT2D eigenvalue weighted by Crippen LogP contribution is 2.30. The highest BCUT2D eigenvalue weighted by Gasteiger charge is 2.20. The Balaban J connectivity index is 1.79. The average Bonchev–Trinajstić information content (AvgIpc) is 2.99. The minimum atomic E-state index is -3.67. The van der Waals surface area contributed by atoms with E-state index in [1.54, 1.807) is 66.1 Å². The van der Waals surface area contributed by atoms with E-state index in [1.807, 2.05) is 6.07 Å². The first-order valence-corrected chi connectivity index (χ1v) is 11.1. The lowest BCUT2D eigenvalue weighted by atomic mass is 10.0. The van der Waals surface area contributed by atoms with Gasteiger partial charge in [-0.3, -0.25) is 4.79 Å². The van der Waals surface area contributed by atoms with E-state index in [-0.39, 0.29) is 16.3 Å². The number of carbonyl (C=O) groups is 1. The van der Waals surface area contributed by atoms with Gasteiger partial charge >= 0.3 is 5.97 Å². The predicted molar refractivity (Wildman–Crippen MR) is 115 cm³/mol. The van der Waals surface area contributed by atoms with Gasteiger partial charge in [-0.2, -0.15) is 0 Å². The number of sulfone groups is 1. The molecule has 0 aliphatic heterocycles. The summed E-state index contributed by atoms with van der Waals surface area (Å²) in [6.07, 6.45) is 0.344. The van der Waals surface area contributed by atoms with Gasteiger partial charge in [0.05, 0.1) is 9.79 Å². The summed E-state index contributed by atoms with van der Waals surface area (Å²) in [5, 5.41) is 9.90. The Morgan fingerprint density at radius 1 is 0.968 bits per heavy atom. The van der Waals surface area contributed by atoms with Crippen molar-refractivity contribution in [3.05, 3.63) is 95.4 Å². The summed E-state index contributed by atoms with van der Waals surface area (Å²) in [5.41, 5.74) is 2.84. The monoisotopic (exact) mass is 437 g/mol. The number of hydrogen-bond acceptors (Lipinski definition) is 3. The van der Waals surface area contributed by atoms with Crippen LogP contribution in [0.25, 0.3) is 10.9 Å². The van der Waals surface area contributed by atoms with Crippen LogP contribution in [0.5, 0.6) is 0 Å². The van der Waals surface area contributed by atoms with E-state index in [0.29, 0.717) is 23.0 Å². The topological polar surface area (TPSA) is 76.4 Å². The lowest BCUT2D eigenvalue weighted by molar-refractivity contribution is -0.137. The number of carboxylic acid groups (broad SMARTS) is 1. The van der Waals surface area contributed by atoms with Gasteiger partial charge in [-0.25, -0.2) is 12.8 Å². The summed E-state index contributed by atoms with van der Waals surface area (Å²) >= 11 is 0. The molecule has 1 heterocycles. The molecule has 0 spiro atoms. The summed E-state index contributed by atoms with van der Waals surface area (Å²) in [6.45, 7) is 1.55. The van der Waals surface area contributed by atoms with Crippen LogP contribution < -0.4 is 0 Å². The zero-order valence-electron chi connectivity index (χ0n) is 16.7. The van der Waals surface area contributed by atoms with Gasteiger partial charge in [0.1, 0.15) is 12.4 Å².